The second-order valence-corrected chi connectivity index (χ2v) is 5.28. The molecule has 1 saturated heterocycles. The summed E-state index contributed by atoms with van der Waals surface area (Å²) in [5, 5.41) is 12.6. The van der Waals surface area contributed by atoms with E-state index in [0.29, 0.717) is 12.5 Å². The zero-order valence-corrected chi connectivity index (χ0v) is 11.5. The van der Waals surface area contributed by atoms with Crippen LogP contribution >= 0.6 is 0 Å². The maximum Gasteiger partial charge on any atom is 0.0459 e. The third-order valence-electron chi connectivity index (χ3n) is 3.75. The Bertz CT molecular complexity index is 163. The Kier molecular flexibility index (Phi) is 8.67. The van der Waals surface area contributed by atoms with E-state index in [1.807, 2.05) is 0 Å². The molecule has 3 nitrogen and oxygen atoms in total. The van der Waals surface area contributed by atoms with Gasteiger partial charge in [0.05, 0.1) is 0 Å². The minimum atomic E-state index is 0.381. The normalized spacial score (nSPS) is 19.4. The van der Waals surface area contributed by atoms with Gasteiger partial charge in [-0.3, -0.25) is 0 Å². The van der Waals surface area contributed by atoms with Crippen LogP contribution in [0.3, 0.4) is 0 Å². The largest absolute Gasteiger partial charge is 0.396 e. The number of nitrogens with zero attached hydrogens (tertiary/aromatic N) is 1. The number of aliphatic hydroxyl groups is 1. The molecule has 0 amide bonds. The van der Waals surface area contributed by atoms with E-state index in [1.54, 1.807) is 0 Å². The van der Waals surface area contributed by atoms with E-state index in [4.69, 9.17) is 0 Å². The first-order chi connectivity index (χ1) is 8.36. The number of piperazine rings is 1. The van der Waals surface area contributed by atoms with Crippen LogP contribution in [0.5, 0.6) is 0 Å². The molecule has 0 aliphatic carbocycles. The first kappa shape index (κ1) is 14.9. The Balaban J connectivity index is 1.92. The van der Waals surface area contributed by atoms with E-state index in [-0.39, 0.29) is 0 Å². The van der Waals surface area contributed by atoms with Crippen molar-refractivity contribution in [1.82, 2.24) is 10.2 Å². The Hall–Kier alpha value is -0.120. The zero-order valence-electron chi connectivity index (χ0n) is 11.5. The summed E-state index contributed by atoms with van der Waals surface area (Å²) in [7, 11) is 0. The lowest BCUT2D eigenvalue weighted by molar-refractivity contribution is 0.203. The molecule has 0 aromatic rings. The summed E-state index contributed by atoms with van der Waals surface area (Å²) in [5.41, 5.74) is 0. The van der Waals surface area contributed by atoms with E-state index in [2.05, 4.69) is 17.1 Å². The summed E-state index contributed by atoms with van der Waals surface area (Å²) in [6.45, 7) is 8.59. The fraction of sp³-hybridized carbons (Fsp3) is 1.00. The third kappa shape index (κ3) is 7.02. The molecular formula is C14H30N2O. The lowest BCUT2D eigenvalue weighted by Gasteiger charge is -2.27. The second-order valence-electron chi connectivity index (χ2n) is 5.28. The molecule has 1 aliphatic rings. The van der Waals surface area contributed by atoms with Crippen LogP contribution in [-0.4, -0.2) is 49.3 Å². The van der Waals surface area contributed by atoms with Crippen molar-refractivity contribution in [2.75, 3.05) is 39.3 Å². The molecule has 1 rings (SSSR count). The van der Waals surface area contributed by atoms with Gasteiger partial charge in [-0.15, -0.1) is 0 Å². The van der Waals surface area contributed by atoms with Crippen LogP contribution in [0.15, 0.2) is 0 Å². The van der Waals surface area contributed by atoms with Crippen molar-refractivity contribution in [2.45, 2.75) is 45.4 Å². The highest BCUT2D eigenvalue weighted by atomic mass is 16.3. The van der Waals surface area contributed by atoms with Crippen molar-refractivity contribution in [2.24, 2.45) is 5.92 Å². The van der Waals surface area contributed by atoms with Gasteiger partial charge in [0.2, 0.25) is 0 Å². The summed E-state index contributed by atoms with van der Waals surface area (Å²) in [5.74, 6) is 0.555. The standard InChI is InChI=1S/C14H30N2O/c1-2-6-14(13-17)7-4-3-5-10-16-11-8-15-9-12-16/h14-15,17H,2-13H2,1H3/t14-/m1/s1. The number of aliphatic hydroxyl groups excluding tert-OH is 1. The maximum atomic E-state index is 9.20. The first-order valence-electron chi connectivity index (χ1n) is 7.40. The molecule has 0 saturated carbocycles. The van der Waals surface area contributed by atoms with Gasteiger partial charge in [0.1, 0.15) is 0 Å². The lowest BCUT2D eigenvalue weighted by atomic mass is 9.97. The Labute approximate surface area is 107 Å². The van der Waals surface area contributed by atoms with E-state index in [9.17, 15) is 5.11 Å². The molecule has 0 spiro atoms. The van der Waals surface area contributed by atoms with Gasteiger partial charge in [-0.1, -0.05) is 26.2 Å². The number of hydrogen-bond acceptors (Lipinski definition) is 3. The zero-order chi connectivity index (χ0) is 12.3. The minimum absolute atomic E-state index is 0.381. The van der Waals surface area contributed by atoms with Crippen LogP contribution in [0.2, 0.25) is 0 Å². The number of rotatable bonds is 9. The molecule has 1 atom stereocenters. The van der Waals surface area contributed by atoms with Crippen molar-refractivity contribution in [3.8, 4) is 0 Å². The van der Waals surface area contributed by atoms with Gasteiger partial charge in [-0.25, -0.2) is 0 Å². The fourth-order valence-electron chi connectivity index (χ4n) is 2.62. The molecule has 0 aromatic carbocycles. The van der Waals surface area contributed by atoms with Gasteiger partial charge in [-0.2, -0.15) is 0 Å². The molecule has 1 fully saturated rings. The molecule has 17 heavy (non-hydrogen) atoms. The van der Waals surface area contributed by atoms with Gasteiger partial charge in [0, 0.05) is 32.8 Å². The highest BCUT2D eigenvalue weighted by molar-refractivity contribution is 4.67. The maximum absolute atomic E-state index is 9.20. The van der Waals surface area contributed by atoms with Crippen LogP contribution in [-0.2, 0) is 0 Å². The van der Waals surface area contributed by atoms with Crippen molar-refractivity contribution in [3.05, 3.63) is 0 Å². The molecule has 0 unspecified atom stereocenters. The number of hydrogen-bond donors (Lipinski definition) is 2. The van der Waals surface area contributed by atoms with Crippen LogP contribution < -0.4 is 5.32 Å². The first-order valence-corrected chi connectivity index (χ1v) is 7.40. The van der Waals surface area contributed by atoms with Crippen LogP contribution in [0.4, 0.5) is 0 Å². The molecule has 0 aromatic heterocycles. The van der Waals surface area contributed by atoms with Crippen LogP contribution in [0, 0.1) is 5.92 Å². The van der Waals surface area contributed by atoms with Crippen molar-refractivity contribution < 1.29 is 5.11 Å². The predicted molar refractivity (Wildman–Crippen MR) is 73.3 cm³/mol. The monoisotopic (exact) mass is 242 g/mol. The smallest absolute Gasteiger partial charge is 0.0459 e. The molecule has 0 bridgehead atoms. The summed E-state index contributed by atoms with van der Waals surface area (Å²) < 4.78 is 0. The van der Waals surface area contributed by atoms with Gasteiger partial charge in [0.25, 0.3) is 0 Å². The highest BCUT2D eigenvalue weighted by Gasteiger charge is 2.09. The molecule has 3 heteroatoms. The summed E-state index contributed by atoms with van der Waals surface area (Å²) in [6.07, 6.45) is 7.54. The van der Waals surface area contributed by atoms with E-state index in [1.165, 1.54) is 58.2 Å². The van der Waals surface area contributed by atoms with Crippen molar-refractivity contribution in [1.29, 1.82) is 0 Å². The third-order valence-corrected chi connectivity index (χ3v) is 3.75. The molecule has 102 valence electrons. The Morgan fingerprint density at radius 1 is 1.12 bits per heavy atom. The number of nitrogens with one attached hydrogen (secondary N) is 1. The molecule has 1 heterocycles. The lowest BCUT2D eigenvalue weighted by Crippen LogP contribution is -2.43. The average molecular weight is 242 g/mol. The van der Waals surface area contributed by atoms with Crippen LogP contribution in [0.25, 0.3) is 0 Å². The van der Waals surface area contributed by atoms with Gasteiger partial charge in [-0.05, 0) is 31.7 Å². The summed E-state index contributed by atoms with van der Waals surface area (Å²) in [4.78, 5) is 2.56. The average Bonchev–Trinajstić information content (AvgIpc) is 2.38. The minimum Gasteiger partial charge on any atom is -0.396 e. The second kappa shape index (κ2) is 9.86. The molecule has 0 radical (unpaired) electrons. The van der Waals surface area contributed by atoms with Crippen molar-refractivity contribution >= 4 is 0 Å². The quantitative estimate of drug-likeness (QED) is 0.606. The Morgan fingerprint density at radius 2 is 1.88 bits per heavy atom. The SMILES string of the molecule is CCC[C@@H](CO)CCCCCN1CCNCC1. The van der Waals surface area contributed by atoms with Crippen LogP contribution in [0.1, 0.15) is 45.4 Å². The fourth-order valence-corrected chi connectivity index (χ4v) is 2.62. The predicted octanol–water partition coefficient (Wildman–Crippen LogP) is 1.86. The topological polar surface area (TPSA) is 35.5 Å². The summed E-state index contributed by atoms with van der Waals surface area (Å²) in [6, 6.07) is 0. The van der Waals surface area contributed by atoms with Crippen molar-refractivity contribution in [3.63, 3.8) is 0 Å². The highest BCUT2D eigenvalue weighted by Crippen LogP contribution is 2.15. The summed E-state index contributed by atoms with van der Waals surface area (Å²) >= 11 is 0. The molecule has 1 aliphatic heterocycles. The van der Waals surface area contributed by atoms with Gasteiger partial charge in [0.15, 0.2) is 0 Å². The van der Waals surface area contributed by atoms with E-state index < -0.39 is 0 Å². The Morgan fingerprint density at radius 3 is 2.53 bits per heavy atom. The van der Waals surface area contributed by atoms with E-state index in [0.717, 1.165) is 13.1 Å². The van der Waals surface area contributed by atoms with Gasteiger partial charge >= 0.3 is 0 Å². The van der Waals surface area contributed by atoms with E-state index >= 15 is 0 Å². The number of unbranched alkanes of at least 4 members (excludes halogenated alkanes) is 2. The van der Waals surface area contributed by atoms with Gasteiger partial charge < -0.3 is 15.3 Å². The molecule has 2 N–H and O–H groups in total. The molecular weight excluding hydrogens is 212 g/mol.